The van der Waals surface area contributed by atoms with Crippen molar-refractivity contribution in [3.05, 3.63) is 65.0 Å². The van der Waals surface area contributed by atoms with Gasteiger partial charge in [-0.1, -0.05) is 37.3 Å². The molecule has 1 saturated heterocycles. The second kappa shape index (κ2) is 11.9. The molecule has 1 aliphatic rings. The van der Waals surface area contributed by atoms with E-state index in [1.54, 1.807) is 26.8 Å². The Kier molecular flexibility index (Phi) is 9.06. The van der Waals surface area contributed by atoms with Gasteiger partial charge in [-0.05, 0) is 51.3 Å². The SMILES string of the molecule is CNC(=O)c1cc(C(=O)NCC[C@@H]2CCN(C(=O)OC(C)(C)C)CC2(F)F)cc(C(C)c2ccccc2)n1. The molecule has 0 saturated carbocycles. The van der Waals surface area contributed by atoms with Crippen molar-refractivity contribution in [2.24, 2.45) is 5.92 Å². The van der Waals surface area contributed by atoms with Crippen molar-refractivity contribution in [1.82, 2.24) is 20.5 Å². The van der Waals surface area contributed by atoms with Gasteiger partial charge in [0.25, 0.3) is 17.7 Å². The molecule has 38 heavy (non-hydrogen) atoms. The van der Waals surface area contributed by atoms with Crippen LogP contribution in [0.5, 0.6) is 0 Å². The number of aromatic nitrogens is 1. The van der Waals surface area contributed by atoms with E-state index in [4.69, 9.17) is 4.74 Å². The highest BCUT2D eigenvalue weighted by molar-refractivity contribution is 5.98. The molecule has 2 heterocycles. The molecular weight excluding hydrogens is 494 g/mol. The Morgan fingerprint density at radius 1 is 1.16 bits per heavy atom. The lowest BCUT2D eigenvalue weighted by Gasteiger charge is -2.38. The number of carbonyl (C=O) groups excluding carboxylic acids is 3. The van der Waals surface area contributed by atoms with Crippen molar-refractivity contribution in [3.63, 3.8) is 0 Å². The molecule has 2 atom stereocenters. The number of nitrogens with zero attached hydrogens (tertiary/aromatic N) is 2. The van der Waals surface area contributed by atoms with Gasteiger partial charge in [0.2, 0.25) is 0 Å². The second-order valence-corrected chi connectivity index (χ2v) is 10.6. The Labute approximate surface area is 222 Å². The highest BCUT2D eigenvalue weighted by Crippen LogP contribution is 2.35. The fourth-order valence-electron chi connectivity index (χ4n) is 4.35. The van der Waals surface area contributed by atoms with Crippen molar-refractivity contribution in [1.29, 1.82) is 0 Å². The van der Waals surface area contributed by atoms with Crippen LogP contribution in [-0.4, -0.2) is 66.0 Å². The number of rotatable bonds is 7. The number of ether oxygens (including phenoxy) is 1. The molecule has 206 valence electrons. The predicted octanol–water partition coefficient (Wildman–Crippen LogP) is 4.61. The summed E-state index contributed by atoms with van der Waals surface area (Å²) in [4.78, 5) is 43.0. The minimum absolute atomic E-state index is 0.0206. The summed E-state index contributed by atoms with van der Waals surface area (Å²) in [7, 11) is 1.48. The molecule has 1 aromatic heterocycles. The largest absolute Gasteiger partial charge is 0.444 e. The average Bonchev–Trinajstić information content (AvgIpc) is 2.87. The lowest BCUT2D eigenvalue weighted by Crippen LogP contribution is -2.52. The molecule has 8 nitrogen and oxygen atoms in total. The van der Waals surface area contributed by atoms with Crippen LogP contribution in [0.25, 0.3) is 0 Å². The molecule has 1 fully saturated rings. The van der Waals surface area contributed by atoms with Gasteiger partial charge in [-0.15, -0.1) is 0 Å². The number of hydrogen-bond donors (Lipinski definition) is 2. The summed E-state index contributed by atoms with van der Waals surface area (Å²) >= 11 is 0. The first-order chi connectivity index (χ1) is 17.8. The zero-order valence-electron chi connectivity index (χ0n) is 22.5. The maximum atomic E-state index is 14.8. The van der Waals surface area contributed by atoms with E-state index in [0.29, 0.717) is 5.69 Å². The number of nitrogens with one attached hydrogen (secondary N) is 2. The average molecular weight is 531 g/mol. The van der Waals surface area contributed by atoms with Gasteiger partial charge in [0.1, 0.15) is 11.3 Å². The van der Waals surface area contributed by atoms with Crippen LogP contribution in [0.4, 0.5) is 13.6 Å². The van der Waals surface area contributed by atoms with Crippen LogP contribution in [0.3, 0.4) is 0 Å². The zero-order chi connectivity index (χ0) is 28.1. The van der Waals surface area contributed by atoms with Crippen LogP contribution < -0.4 is 10.6 Å². The smallest absolute Gasteiger partial charge is 0.410 e. The van der Waals surface area contributed by atoms with Gasteiger partial charge in [0.15, 0.2) is 0 Å². The van der Waals surface area contributed by atoms with E-state index in [0.717, 1.165) is 10.5 Å². The first-order valence-corrected chi connectivity index (χ1v) is 12.7. The van der Waals surface area contributed by atoms with Gasteiger partial charge >= 0.3 is 6.09 Å². The minimum Gasteiger partial charge on any atom is -0.444 e. The molecule has 3 rings (SSSR count). The molecular formula is C28H36F2N4O4. The zero-order valence-corrected chi connectivity index (χ0v) is 22.5. The lowest BCUT2D eigenvalue weighted by molar-refractivity contribution is -0.112. The third-order valence-electron chi connectivity index (χ3n) is 6.49. The number of pyridine rings is 1. The maximum absolute atomic E-state index is 14.8. The number of hydrogen-bond acceptors (Lipinski definition) is 5. The third-order valence-corrected chi connectivity index (χ3v) is 6.49. The van der Waals surface area contributed by atoms with E-state index < -0.39 is 41.9 Å². The van der Waals surface area contributed by atoms with Gasteiger partial charge in [-0.2, -0.15) is 0 Å². The summed E-state index contributed by atoms with van der Waals surface area (Å²) in [6.45, 7) is 6.44. The highest BCUT2D eigenvalue weighted by Gasteiger charge is 2.46. The van der Waals surface area contributed by atoms with E-state index in [2.05, 4.69) is 15.6 Å². The van der Waals surface area contributed by atoms with Crippen molar-refractivity contribution in [3.8, 4) is 0 Å². The van der Waals surface area contributed by atoms with E-state index >= 15 is 0 Å². The standard InChI is InChI=1S/C28H36F2N4O4/c1-18(19-9-7-6-8-10-19)22-15-20(16-23(33-22)25(36)31-5)24(35)32-13-11-21-12-14-34(17-28(21,29)30)26(37)38-27(2,3)4/h6-10,15-16,18,21H,11-14,17H2,1-5H3,(H,31,36)(H,32,35)/t18?,21-/m1/s1. The number of halogens is 2. The van der Waals surface area contributed by atoms with Crippen LogP contribution in [0.2, 0.25) is 0 Å². The fourth-order valence-corrected chi connectivity index (χ4v) is 4.35. The summed E-state index contributed by atoms with van der Waals surface area (Å²) in [6.07, 6.45) is -0.618. The molecule has 2 aromatic rings. The van der Waals surface area contributed by atoms with Crippen molar-refractivity contribution >= 4 is 17.9 Å². The van der Waals surface area contributed by atoms with Gasteiger partial charge in [-0.25, -0.2) is 18.6 Å². The monoisotopic (exact) mass is 530 g/mol. The molecule has 0 radical (unpaired) electrons. The molecule has 1 unspecified atom stereocenters. The molecule has 0 spiro atoms. The minimum atomic E-state index is -3.11. The van der Waals surface area contributed by atoms with Crippen LogP contribution in [0, 0.1) is 5.92 Å². The van der Waals surface area contributed by atoms with E-state index in [1.165, 1.54) is 13.1 Å². The van der Waals surface area contributed by atoms with Crippen molar-refractivity contribution < 1.29 is 27.9 Å². The van der Waals surface area contributed by atoms with Crippen LogP contribution >= 0.6 is 0 Å². The molecule has 10 heteroatoms. The maximum Gasteiger partial charge on any atom is 0.410 e. The van der Waals surface area contributed by atoms with Gasteiger partial charge in [0, 0.05) is 43.2 Å². The Hall–Kier alpha value is -3.56. The molecule has 1 aromatic carbocycles. The van der Waals surface area contributed by atoms with Crippen LogP contribution in [0.1, 0.15) is 78.6 Å². The highest BCUT2D eigenvalue weighted by atomic mass is 19.3. The van der Waals surface area contributed by atoms with E-state index in [-0.39, 0.29) is 43.1 Å². The lowest BCUT2D eigenvalue weighted by atomic mass is 9.90. The molecule has 3 amide bonds. The molecule has 0 bridgehead atoms. The fraction of sp³-hybridized carbons (Fsp3) is 0.500. The van der Waals surface area contributed by atoms with Gasteiger partial charge < -0.3 is 20.3 Å². The number of amides is 3. The summed E-state index contributed by atoms with van der Waals surface area (Å²) in [5.74, 6) is -5.19. The third kappa shape index (κ3) is 7.49. The Morgan fingerprint density at radius 3 is 2.45 bits per heavy atom. The van der Waals surface area contributed by atoms with Crippen molar-refractivity contribution in [2.75, 3.05) is 26.7 Å². The summed E-state index contributed by atoms with van der Waals surface area (Å²) in [5, 5.41) is 5.22. The Bertz CT molecular complexity index is 1150. The van der Waals surface area contributed by atoms with Gasteiger partial charge in [-0.3, -0.25) is 9.59 Å². The first-order valence-electron chi connectivity index (χ1n) is 12.7. The number of likely N-dealkylation sites (tertiary alicyclic amines) is 1. The van der Waals surface area contributed by atoms with Gasteiger partial charge in [0.05, 0.1) is 6.54 Å². The van der Waals surface area contributed by atoms with E-state index in [1.807, 2.05) is 37.3 Å². The number of piperidine rings is 1. The predicted molar refractivity (Wildman–Crippen MR) is 139 cm³/mol. The molecule has 2 N–H and O–H groups in total. The first kappa shape index (κ1) is 29.0. The van der Waals surface area contributed by atoms with E-state index in [9.17, 15) is 23.2 Å². The normalized spacial score (nSPS) is 17.9. The molecule has 0 aliphatic carbocycles. The molecule has 1 aliphatic heterocycles. The summed E-state index contributed by atoms with van der Waals surface area (Å²) < 4.78 is 34.9. The second-order valence-electron chi connectivity index (χ2n) is 10.6. The summed E-state index contributed by atoms with van der Waals surface area (Å²) in [6, 6.07) is 12.6. The van der Waals surface area contributed by atoms with Crippen LogP contribution in [0.15, 0.2) is 42.5 Å². The van der Waals surface area contributed by atoms with Crippen LogP contribution in [-0.2, 0) is 4.74 Å². The number of alkyl halides is 2. The Balaban J connectivity index is 1.66. The topological polar surface area (TPSA) is 101 Å². The van der Waals surface area contributed by atoms with Crippen molar-refractivity contribution in [2.45, 2.75) is 58.0 Å². The quantitative estimate of drug-likeness (QED) is 0.545. The number of carbonyl (C=O) groups is 3. The Morgan fingerprint density at radius 2 is 1.84 bits per heavy atom. The summed E-state index contributed by atoms with van der Waals surface area (Å²) in [5.41, 5.74) is 1.07. The number of benzene rings is 1.